The second-order valence-electron chi connectivity index (χ2n) is 6.98. The van der Waals surface area contributed by atoms with Crippen molar-refractivity contribution in [2.75, 3.05) is 6.26 Å². The molecule has 5 nitrogen and oxygen atoms in total. The molecule has 0 fully saturated rings. The van der Waals surface area contributed by atoms with Crippen molar-refractivity contribution in [3.63, 3.8) is 0 Å². The van der Waals surface area contributed by atoms with Gasteiger partial charge in [-0.25, -0.2) is 8.89 Å². The van der Waals surface area contributed by atoms with Gasteiger partial charge < -0.3 is 0 Å². The first kappa shape index (κ1) is 19.1. The van der Waals surface area contributed by atoms with Gasteiger partial charge in [0.25, 0.3) is 0 Å². The highest BCUT2D eigenvalue weighted by molar-refractivity contribution is 7.93. The largest absolute Gasteiger partial charge is 0.245 e. The Morgan fingerprint density at radius 3 is 2.17 bits per heavy atom. The van der Waals surface area contributed by atoms with E-state index in [0.29, 0.717) is 23.0 Å². The van der Waals surface area contributed by atoms with Gasteiger partial charge in [-0.1, -0.05) is 83.6 Å². The van der Waals surface area contributed by atoms with E-state index in [4.69, 9.17) is 0 Å². The number of benzene rings is 3. The molecule has 0 radical (unpaired) electrons. The number of hydrogen-bond acceptors (Lipinski definition) is 4. The number of hydrogen-bond donors (Lipinski definition) is 0. The van der Waals surface area contributed by atoms with Crippen LogP contribution in [0.4, 0.5) is 5.82 Å². The normalized spacial score (nSPS) is 13.0. The Morgan fingerprint density at radius 1 is 0.897 bits per heavy atom. The van der Waals surface area contributed by atoms with E-state index in [-0.39, 0.29) is 0 Å². The molecule has 4 aromatic rings. The van der Waals surface area contributed by atoms with Gasteiger partial charge in [0.1, 0.15) is 5.69 Å². The summed E-state index contributed by atoms with van der Waals surface area (Å²) in [6.07, 6.45) is 1.65. The van der Waals surface area contributed by atoms with Crippen LogP contribution >= 0.6 is 0 Å². The highest BCUT2D eigenvalue weighted by atomic mass is 32.2. The Bertz CT molecular complexity index is 1220. The minimum absolute atomic E-state index is 0.503. The molecule has 0 N–H and O–H groups in total. The van der Waals surface area contributed by atoms with E-state index in [2.05, 4.69) is 45.9 Å². The van der Waals surface area contributed by atoms with Crippen molar-refractivity contribution < 1.29 is 4.21 Å². The Hall–Kier alpha value is -3.25. The van der Waals surface area contributed by atoms with Crippen molar-refractivity contribution in [2.45, 2.75) is 18.4 Å². The molecule has 3 aromatic carbocycles. The van der Waals surface area contributed by atoms with E-state index in [0.717, 1.165) is 11.1 Å². The lowest BCUT2D eigenvalue weighted by Gasteiger charge is -2.08. The van der Waals surface area contributed by atoms with Crippen LogP contribution in [0.1, 0.15) is 11.1 Å². The topological polar surface area (TPSA) is 60.1 Å². The molecule has 6 heteroatoms. The van der Waals surface area contributed by atoms with Crippen molar-refractivity contribution in [3.05, 3.63) is 96.1 Å². The van der Waals surface area contributed by atoms with Gasteiger partial charge in [0.05, 0.1) is 16.3 Å². The lowest BCUT2D eigenvalue weighted by Crippen LogP contribution is -2.04. The first-order valence-electron chi connectivity index (χ1n) is 9.34. The summed E-state index contributed by atoms with van der Waals surface area (Å²) in [5.74, 6) is 0.521. The fourth-order valence-electron chi connectivity index (χ4n) is 3.04. The van der Waals surface area contributed by atoms with Gasteiger partial charge in [0, 0.05) is 16.7 Å². The lowest BCUT2D eigenvalue weighted by atomic mass is 10.1. The average molecular weight is 403 g/mol. The van der Waals surface area contributed by atoms with Gasteiger partial charge in [0.15, 0.2) is 5.82 Å². The van der Waals surface area contributed by atoms with Crippen LogP contribution in [-0.4, -0.2) is 25.5 Å². The molecule has 0 aliphatic heterocycles. The fraction of sp³-hybridized carbons (Fsp3) is 0.130. The van der Waals surface area contributed by atoms with Crippen molar-refractivity contribution >= 4 is 15.5 Å². The maximum absolute atomic E-state index is 13.5. The van der Waals surface area contributed by atoms with Crippen LogP contribution in [0.3, 0.4) is 0 Å². The minimum Gasteiger partial charge on any atom is -0.245 e. The molecule has 1 atom stereocenters. The number of aryl methyl sites for hydroxylation is 1. The van der Waals surface area contributed by atoms with Gasteiger partial charge in [-0.15, -0.1) is 5.10 Å². The van der Waals surface area contributed by atoms with Crippen LogP contribution in [0.25, 0.3) is 11.3 Å². The van der Waals surface area contributed by atoms with E-state index < -0.39 is 9.73 Å². The van der Waals surface area contributed by atoms with Gasteiger partial charge >= 0.3 is 0 Å². The minimum atomic E-state index is -2.66. The second kappa shape index (κ2) is 8.01. The maximum Gasteiger partial charge on any atom is 0.189 e. The molecular weight excluding hydrogens is 380 g/mol. The van der Waals surface area contributed by atoms with Crippen LogP contribution in [0.15, 0.2) is 94.2 Å². The summed E-state index contributed by atoms with van der Waals surface area (Å²) < 4.78 is 19.9. The van der Waals surface area contributed by atoms with Crippen molar-refractivity contribution in [2.24, 2.45) is 4.36 Å². The van der Waals surface area contributed by atoms with Crippen molar-refractivity contribution in [1.82, 2.24) is 15.0 Å². The molecule has 0 aliphatic carbocycles. The Balaban J connectivity index is 1.85. The fourth-order valence-corrected chi connectivity index (χ4v) is 4.32. The number of rotatable bonds is 5. The highest BCUT2D eigenvalue weighted by Gasteiger charge is 2.17. The molecule has 146 valence electrons. The zero-order valence-corrected chi connectivity index (χ0v) is 17.2. The predicted molar refractivity (Wildman–Crippen MR) is 117 cm³/mol. The molecule has 4 rings (SSSR count). The highest BCUT2D eigenvalue weighted by Crippen LogP contribution is 2.30. The van der Waals surface area contributed by atoms with Crippen LogP contribution in [0.5, 0.6) is 0 Å². The summed E-state index contributed by atoms with van der Waals surface area (Å²) in [5, 5.41) is 8.71. The predicted octanol–water partition coefficient (Wildman–Crippen LogP) is 5.09. The molecule has 0 spiro atoms. The van der Waals surface area contributed by atoms with Crippen LogP contribution in [0.2, 0.25) is 0 Å². The van der Waals surface area contributed by atoms with Crippen molar-refractivity contribution in [3.8, 4) is 11.3 Å². The standard InChI is InChI=1S/C23H22N4OS/c1-18-13-15-19(16-14-18)17-27-23(22(24-26-27)20-9-5-3-6-10-20)25-29(2,28)21-11-7-4-8-12-21/h3-16H,17H2,1-2H3. The molecule has 0 amide bonds. The summed E-state index contributed by atoms with van der Waals surface area (Å²) in [5.41, 5.74) is 3.80. The van der Waals surface area contributed by atoms with Crippen LogP contribution in [-0.2, 0) is 16.3 Å². The molecule has 1 unspecified atom stereocenters. The number of aromatic nitrogens is 3. The van der Waals surface area contributed by atoms with Gasteiger partial charge in [-0.05, 0) is 24.6 Å². The average Bonchev–Trinajstić information content (AvgIpc) is 3.12. The summed E-state index contributed by atoms with van der Waals surface area (Å²) in [4.78, 5) is 0.682. The zero-order valence-electron chi connectivity index (χ0n) is 16.4. The molecule has 0 bridgehead atoms. The quantitative estimate of drug-likeness (QED) is 0.467. The van der Waals surface area contributed by atoms with E-state index in [1.54, 1.807) is 10.9 Å². The Kier molecular flexibility index (Phi) is 5.27. The SMILES string of the molecule is Cc1ccc(Cn2nnc(-c3ccccc3)c2N=S(C)(=O)c2ccccc2)cc1. The molecule has 1 heterocycles. The van der Waals surface area contributed by atoms with Gasteiger partial charge in [-0.3, -0.25) is 0 Å². The third-order valence-electron chi connectivity index (χ3n) is 4.65. The Labute approximate surface area is 171 Å². The third kappa shape index (κ3) is 4.27. The smallest absolute Gasteiger partial charge is 0.189 e. The lowest BCUT2D eigenvalue weighted by molar-refractivity contribution is 0.651. The molecule has 0 saturated carbocycles. The van der Waals surface area contributed by atoms with E-state index in [1.807, 2.05) is 60.7 Å². The molecule has 1 aromatic heterocycles. The van der Waals surface area contributed by atoms with Crippen molar-refractivity contribution in [1.29, 1.82) is 0 Å². The summed E-state index contributed by atoms with van der Waals surface area (Å²) in [6.45, 7) is 2.56. The monoisotopic (exact) mass is 402 g/mol. The molecule has 0 aliphatic rings. The van der Waals surface area contributed by atoms with E-state index in [9.17, 15) is 4.21 Å². The zero-order chi connectivity index (χ0) is 20.3. The molecule has 29 heavy (non-hydrogen) atoms. The summed E-state index contributed by atoms with van der Waals surface area (Å²) >= 11 is 0. The van der Waals surface area contributed by atoms with Crippen LogP contribution in [0, 0.1) is 6.92 Å². The summed E-state index contributed by atoms with van der Waals surface area (Å²) in [7, 11) is -2.66. The first-order valence-corrected chi connectivity index (χ1v) is 11.3. The second-order valence-corrected chi connectivity index (χ2v) is 9.24. The van der Waals surface area contributed by atoms with E-state index >= 15 is 0 Å². The van der Waals surface area contributed by atoms with Gasteiger partial charge in [0.2, 0.25) is 0 Å². The van der Waals surface area contributed by atoms with E-state index in [1.165, 1.54) is 5.56 Å². The Morgan fingerprint density at radius 2 is 1.52 bits per heavy atom. The molecular formula is C23H22N4OS. The maximum atomic E-state index is 13.5. The summed E-state index contributed by atoms with van der Waals surface area (Å²) in [6, 6.07) is 27.3. The van der Waals surface area contributed by atoms with Crippen LogP contribution < -0.4 is 0 Å². The van der Waals surface area contributed by atoms with Gasteiger partial charge in [-0.2, -0.15) is 4.36 Å². The third-order valence-corrected chi connectivity index (χ3v) is 6.32. The first-order chi connectivity index (χ1) is 14.0. The number of nitrogens with zero attached hydrogens (tertiary/aromatic N) is 4. The molecule has 0 saturated heterocycles.